The van der Waals surface area contributed by atoms with E-state index in [0.717, 1.165) is 38.5 Å². The van der Waals surface area contributed by atoms with E-state index in [1.807, 2.05) is 0 Å². The second-order valence-corrected chi connectivity index (χ2v) is 13.1. The van der Waals surface area contributed by atoms with Crippen LogP contribution in [0.1, 0.15) is 74.5 Å². The van der Waals surface area contributed by atoms with Crippen LogP contribution in [0.5, 0.6) is 0 Å². The number of rotatable bonds is 3. The first-order valence-corrected chi connectivity index (χ1v) is 16.4. The highest BCUT2D eigenvalue weighted by molar-refractivity contribution is 5.54. The summed E-state index contributed by atoms with van der Waals surface area (Å²) in [6.07, 6.45) is 12.1. The summed E-state index contributed by atoms with van der Waals surface area (Å²) in [5, 5.41) is 12.6. The van der Waals surface area contributed by atoms with E-state index in [-0.39, 0.29) is 37.0 Å². The van der Waals surface area contributed by atoms with Crippen molar-refractivity contribution in [1.29, 1.82) is 0 Å². The van der Waals surface area contributed by atoms with Gasteiger partial charge < -0.3 is 14.7 Å². The van der Waals surface area contributed by atoms with Crippen LogP contribution in [0.2, 0.25) is 0 Å². The predicted octanol–water partition coefficient (Wildman–Crippen LogP) is 6.72. The molecule has 3 aromatic carbocycles. The average molecular weight is 565 g/mol. The molecule has 4 saturated heterocycles. The van der Waals surface area contributed by atoms with Crippen LogP contribution < -0.4 is 30.7 Å². The van der Waals surface area contributed by atoms with Gasteiger partial charge in [-0.3, -0.25) is 16.0 Å². The first-order valence-electron chi connectivity index (χ1n) is 16.4. The van der Waals surface area contributed by atoms with Crippen LogP contribution in [0.3, 0.4) is 0 Å². The molecule has 4 heterocycles. The largest absolute Gasteiger partial charge is 0.340 e. The lowest BCUT2D eigenvalue weighted by Gasteiger charge is -2.55. The number of aryl methyl sites for hydroxylation is 3. The third-order valence-corrected chi connectivity index (χ3v) is 10.0. The Bertz CT molecular complexity index is 1130. The van der Waals surface area contributed by atoms with Crippen molar-refractivity contribution in [3.63, 3.8) is 0 Å². The van der Waals surface area contributed by atoms with Crippen LogP contribution in [0.25, 0.3) is 0 Å². The monoisotopic (exact) mass is 564 g/mol. The lowest BCUT2D eigenvalue weighted by Crippen LogP contribution is -2.72. The van der Waals surface area contributed by atoms with E-state index in [9.17, 15) is 0 Å². The molecule has 4 fully saturated rings. The number of fused-ring (bicyclic) bond motifs is 6. The van der Waals surface area contributed by atoms with E-state index in [0.29, 0.717) is 0 Å². The van der Waals surface area contributed by atoms with Crippen molar-refractivity contribution in [1.82, 2.24) is 16.0 Å². The first-order chi connectivity index (χ1) is 20.5. The molecular formula is C36H48N6. The minimum Gasteiger partial charge on any atom is -0.340 e. The number of nitrogens with zero attached hydrogens (tertiary/aromatic N) is 3. The van der Waals surface area contributed by atoms with Gasteiger partial charge in [-0.25, -0.2) is 0 Å². The maximum absolute atomic E-state index is 4.21. The Kier molecular flexibility index (Phi) is 7.87. The zero-order valence-corrected chi connectivity index (χ0v) is 25.6. The molecule has 6 unspecified atom stereocenters. The molecular weight excluding hydrogens is 516 g/mol. The van der Waals surface area contributed by atoms with Gasteiger partial charge >= 0.3 is 0 Å². The molecule has 222 valence electrons. The van der Waals surface area contributed by atoms with Crippen molar-refractivity contribution in [2.24, 2.45) is 0 Å². The quantitative estimate of drug-likeness (QED) is 0.328. The van der Waals surface area contributed by atoms with Crippen molar-refractivity contribution in [2.45, 2.75) is 116 Å². The van der Waals surface area contributed by atoms with Crippen LogP contribution in [-0.2, 0) is 0 Å². The van der Waals surface area contributed by atoms with Gasteiger partial charge in [0.15, 0.2) is 0 Å². The molecule has 0 saturated carbocycles. The SMILES string of the molecule is Cc1ccc(N2C3CCCC(N3)N(c3ccc(C)cc3)C3CCCC(N3)N(c3ccc(C)cc3)C3CCCC2N3)cc1. The van der Waals surface area contributed by atoms with E-state index in [2.05, 4.69) is 124 Å². The highest BCUT2D eigenvalue weighted by Gasteiger charge is 2.42. The second kappa shape index (κ2) is 11.9. The van der Waals surface area contributed by atoms with Crippen LogP contribution in [0, 0.1) is 20.8 Å². The number of anilines is 3. The number of nitrogens with one attached hydrogen (secondary N) is 3. The lowest BCUT2D eigenvalue weighted by atomic mass is 9.96. The average Bonchev–Trinajstić information content (AvgIpc) is 3.01. The summed E-state index contributed by atoms with van der Waals surface area (Å²) < 4.78 is 0. The molecule has 0 amide bonds. The first kappa shape index (κ1) is 27.8. The smallest absolute Gasteiger partial charge is 0.0827 e. The Morgan fingerprint density at radius 1 is 0.381 bits per heavy atom. The van der Waals surface area contributed by atoms with Gasteiger partial charge in [0.2, 0.25) is 0 Å². The van der Waals surface area contributed by atoms with Gasteiger partial charge in [-0.2, -0.15) is 0 Å². The summed E-state index contributed by atoms with van der Waals surface area (Å²) in [6.45, 7) is 6.57. The molecule has 0 aliphatic carbocycles. The predicted molar refractivity (Wildman–Crippen MR) is 175 cm³/mol. The highest BCUT2D eigenvalue weighted by Crippen LogP contribution is 2.36. The Hall–Kier alpha value is -3.06. The van der Waals surface area contributed by atoms with Crippen LogP contribution in [0.4, 0.5) is 17.1 Å². The molecule has 4 aliphatic heterocycles. The maximum Gasteiger partial charge on any atom is 0.0827 e. The van der Waals surface area contributed by atoms with E-state index in [1.54, 1.807) is 0 Å². The zero-order chi connectivity index (χ0) is 28.6. The summed E-state index contributed by atoms with van der Waals surface area (Å²) in [7, 11) is 0. The van der Waals surface area contributed by atoms with Crippen LogP contribution in [-0.4, -0.2) is 37.0 Å². The minimum atomic E-state index is 0.266. The third-order valence-electron chi connectivity index (χ3n) is 10.0. The summed E-state index contributed by atoms with van der Waals surface area (Å²) in [5.41, 5.74) is 7.88. The van der Waals surface area contributed by atoms with Gasteiger partial charge in [-0.15, -0.1) is 0 Å². The number of hydrogen-bond donors (Lipinski definition) is 3. The van der Waals surface area contributed by atoms with Crippen molar-refractivity contribution < 1.29 is 0 Å². The number of piperidine rings is 3. The molecule has 6 heteroatoms. The molecule has 42 heavy (non-hydrogen) atoms. The van der Waals surface area contributed by atoms with Gasteiger partial charge in [0.1, 0.15) is 0 Å². The maximum atomic E-state index is 4.21. The van der Waals surface area contributed by atoms with Crippen LogP contribution in [0.15, 0.2) is 72.8 Å². The second-order valence-electron chi connectivity index (χ2n) is 13.1. The van der Waals surface area contributed by atoms with Gasteiger partial charge in [-0.1, -0.05) is 53.1 Å². The molecule has 3 aromatic rings. The third kappa shape index (κ3) is 5.52. The summed E-state index contributed by atoms with van der Waals surface area (Å²) in [5.74, 6) is 0. The Balaban J connectivity index is 1.35. The van der Waals surface area contributed by atoms with Crippen molar-refractivity contribution in [3.8, 4) is 0 Å². The molecule has 6 nitrogen and oxygen atoms in total. The van der Waals surface area contributed by atoms with E-state index >= 15 is 0 Å². The molecule has 6 atom stereocenters. The summed E-state index contributed by atoms with van der Waals surface area (Å²) in [4.78, 5) is 8.09. The van der Waals surface area contributed by atoms with Crippen molar-refractivity contribution >= 4 is 17.1 Å². The Labute approximate surface area is 252 Å². The van der Waals surface area contributed by atoms with Gasteiger partial charge in [0.25, 0.3) is 0 Å². The molecule has 0 radical (unpaired) electrons. The fourth-order valence-corrected chi connectivity index (χ4v) is 7.88. The Morgan fingerprint density at radius 3 is 0.810 bits per heavy atom. The summed E-state index contributed by atoms with van der Waals surface area (Å²) in [6, 6.07) is 27.7. The van der Waals surface area contributed by atoms with Crippen molar-refractivity contribution in [3.05, 3.63) is 89.5 Å². The fraction of sp³-hybridized carbons (Fsp3) is 0.500. The molecule has 4 aliphatic rings. The Morgan fingerprint density at radius 2 is 0.595 bits per heavy atom. The topological polar surface area (TPSA) is 45.8 Å². The van der Waals surface area contributed by atoms with Gasteiger partial charge in [0.05, 0.1) is 37.0 Å². The fourth-order valence-electron chi connectivity index (χ4n) is 7.88. The minimum absolute atomic E-state index is 0.266. The van der Waals surface area contributed by atoms with E-state index < -0.39 is 0 Å². The van der Waals surface area contributed by atoms with E-state index in [1.165, 1.54) is 53.0 Å². The molecule has 3 N–H and O–H groups in total. The standard InChI is InChI=1S/C36H48N6/c1-25-13-19-28(20-14-25)40-31-7-4-9-33(37-31)41(29-21-15-26(2)16-22-29)35-11-6-12-36(39-35)42(30-23-17-27(3)18-24-30)34-10-5-8-32(40)38-34/h13-24,31-39H,4-12H2,1-3H3. The number of benzene rings is 3. The molecule has 0 spiro atoms. The van der Waals surface area contributed by atoms with Crippen LogP contribution >= 0.6 is 0 Å². The van der Waals surface area contributed by atoms with E-state index in [4.69, 9.17) is 0 Å². The molecule has 0 aromatic heterocycles. The van der Waals surface area contributed by atoms with Gasteiger partial charge in [0, 0.05) is 17.1 Å². The normalized spacial score (nSPS) is 29.9. The highest BCUT2D eigenvalue weighted by atomic mass is 15.5. The van der Waals surface area contributed by atoms with Crippen molar-refractivity contribution in [2.75, 3.05) is 14.7 Å². The molecule has 7 rings (SSSR count). The van der Waals surface area contributed by atoms with Gasteiger partial charge in [-0.05, 0) is 115 Å². The molecule has 6 bridgehead atoms. The zero-order valence-electron chi connectivity index (χ0n) is 25.6. The summed E-state index contributed by atoms with van der Waals surface area (Å²) >= 11 is 0. The number of hydrogen-bond acceptors (Lipinski definition) is 6. The lowest BCUT2D eigenvalue weighted by molar-refractivity contribution is 0.186.